The number of imidazole rings is 1. The van der Waals surface area contributed by atoms with E-state index in [9.17, 15) is 14.0 Å². The molecule has 246 valence electrons. The van der Waals surface area contributed by atoms with Crippen molar-refractivity contribution in [3.63, 3.8) is 0 Å². The van der Waals surface area contributed by atoms with E-state index in [1.807, 2.05) is 39.3 Å². The average molecular weight is 643 g/mol. The molecule has 6 fully saturated rings. The number of hydrogen-bond donors (Lipinski definition) is 2. The summed E-state index contributed by atoms with van der Waals surface area (Å²) in [6.45, 7) is 2.43. The summed E-state index contributed by atoms with van der Waals surface area (Å²) < 4.78 is 40.5. The predicted molar refractivity (Wildman–Crippen MR) is 173 cm³/mol. The van der Waals surface area contributed by atoms with Crippen molar-refractivity contribution in [3.8, 4) is 17.3 Å². The van der Waals surface area contributed by atoms with Crippen molar-refractivity contribution in [2.75, 3.05) is 7.11 Å². The normalized spacial score (nSPS) is 29.7. The van der Waals surface area contributed by atoms with Crippen molar-refractivity contribution in [2.45, 2.75) is 94.7 Å². The first-order chi connectivity index (χ1) is 22.5. The Labute approximate surface area is 271 Å². The number of halogens is 2. The van der Waals surface area contributed by atoms with Gasteiger partial charge in [0.25, 0.3) is 5.91 Å². The van der Waals surface area contributed by atoms with Gasteiger partial charge < -0.3 is 29.8 Å². The van der Waals surface area contributed by atoms with E-state index in [1.165, 1.54) is 0 Å². The number of aromatic nitrogens is 3. The minimum atomic E-state index is -1.18. The number of nitrogens with one attached hydrogen (secondary N) is 1. The van der Waals surface area contributed by atoms with Gasteiger partial charge in [-0.2, -0.15) is 0 Å². The maximum atomic E-state index is 16.6. The Morgan fingerprint density at radius 3 is 2.53 bits per heavy atom. The van der Waals surface area contributed by atoms with Crippen LogP contribution in [0, 0.1) is 17.2 Å². The van der Waals surface area contributed by atoms with Crippen LogP contribution < -0.4 is 15.8 Å². The average Bonchev–Trinajstić information content (AvgIpc) is 3.32. The summed E-state index contributed by atoms with van der Waals surface area (Å²) in [5.41, 5.74) is 8.10. The van der Waals surface area contributed by atoms with Gasteiger partial charge in [-0.05, 0) is 82.4 Å². The Hall–Kier alpha value is -3.99. The SMILES string of the molecule is COc1cc(C(=O)N2[C@H]3CC[C@@H]2[C@H](N)C3)cc2nc(-c3cc4ccc([C@@H](C)NC(=O)C56CC(F)(C5)C6)c(F)c4n3CC3CC3)n(C)c12. The molecule has 4 atom stereocenters. The van der Waals surface area contributed by atoms with E-state index < -0.39 is 17.1 Å². The van der Waals surface area contributed by atoms with Gasteiger partial charge in [-0.25, -0.2) is 13.8 Å². The van der Waals surface area contributed by atoms with Gasteiger partial charge in [0.2, 0.25) is 5.91 Å². The lowest BCUT2D eigenvalue weighted by atomic mass is 9.42. The third kappa shape index (κ3) is 4.17. The fourth-order valence-electron chi connectivity index (χ4n) is 9.25. The summed E-state index contributed by atoms with van der Waals surface area (Å²) in [5.74, 6) is 1.03. The molecule has 0 spiro atoms. The van der Waals surface area contributed by atoms with E-state index in [0.29, 0.717) is 46.2 Å². The monoisotopic (exact) mass is 642 g/mol. The van der Waals surface area contributed by atoms with Crippen LogP contribution >= 0.6 is 0 Å². The minimum absolute atomic E-state index is 0.00945. The first-order valence-corrected chi connectivity index (χ1v) is 16.9. The summed E-state index contributed by atoms with van der Waals surface area (Å²) in [6.07, 6.45) is 5.69. The lowest BCUT2D eigenvalue weighted by molar-refractivity contribution is -0.214. The lowest BCUT2D eigenvalue weighted by Gasteiger charge is -2.64. The van der Waals surface area contributed by atoms with Gasteiger partial charge in [0.1, 0.15) is 16.9 Å². The van der Waals surface area contributed by atoms with Crippen LogP contribution in [-0.4, -0.2) is 61.7 Å². The molecule has 4 aliphatic carbocycles. The number of rotatable bonds is 8. The number of hydrogen-bond acceptors (Lipinski definition) is 5. The van der Waals surface area contributed by atoms with Crippen LogP contribution in [-0.2, 0) is 18.4 Å². The zero-order chi connectivity index (χ0) is 32.6. The van der Waals surface area contributed by atoms with E-state index in [0.717, 1.165) is 48.7 Å². The third-order valence-corrected chi connectivity index (χ3v) is 11.9. The van der Waals surface area contributed by atoms with Gasteiger partial charge in [0.05, 0.1) is 35.3 Å². The molecule has 47 heavy (non-hydrogen) atoms. The van der Waals surface area contributed by atoms with Crippen LogP contribution in [0.4, 0.5) is 8.78 Å². The second-order valence-electron chi connectivity index (χ2n) is 15.1. The van der Waals surface area contributed by atoms with Crippen LogP contribution in [0.3, 0.4) is 0 Å². The molecule has 6 aliphatic rings. The van der Waals surface area contributed by atoms with Crippen LogP contribution in [0.5, 0.6) is 5.75 Å². The van der Waals surface area contributed by atoms with Crippen molar-refractivity contribution in [2.24, 2.45) is 24.1 Å². The maximum Gasteiger partial charge on any atom is 0.254 e. The van der Waals surface area contributed by atoms with Crippen molar-refractivity contribution in [1.82, 2.24) is 24.3 Å². The van der Waals surface area contributed by atoms with Gasteiger partial charge in [-0.1, -0.05) is 12.1 Å². The highest BCUT2D eigenvalue weighted by atomic mass is 19.1. The van der Waals surface area contributed by atoms with E-state index in [1.54, 1.807) is 26.2 Å². The number of nitrogens with zero attached hydrogens (tertiary/aromatic N) is 4. The van der Waals surface area contributed by atoms with Crippen molar-refractivity contribution >= 4 is 33.8 Å². The zero-order valence-corrected chi connectivity index (χ0v) is 27.0. The van der Waals surface area contributed by atoms with Gasteiger partial charge in [0.15, 0.2) is 11.6 Å². The van der Waals surface area contributed by atoms with E-state index in [4.69, 9.17) is 15.5 Å². The van der Waals surface area contributed by atoms with E-state index in [2.05, 4.69) is 5.32 Å². The standard InChI is InChI=1S/C36H40F2N6O3/c1-18(40-34(46)35-15-36(38,16-35)17-35)23-8-6-20-11-27(43(14-19-4-5-19)30(20)29(23)37)32-41-25-10-21(12-28(47-3)31(25)42(32)2)33(45)44-22-7-9-26(44)24(39)13-22/h6,8,10-12,18-19,22,24,26H,4-5,7,9,13-17,39H2,1-3H3,(H,40,46)/t18-,22+,24-,26-,35?,36?/m1/s1. The topological polar surface area (TPSA) is 107 Å². The number of benzene rings is 2. The van der Waals surface area contributed by atoms with Crippen molar-refractivity contribution in [3.05, 3.63) is 47.3 Å². The number of methoxy groups -OCH3 is 1. The quantitative estimate of drug-likeness (QED) is 0.263. The molecule has 0 unspecified atom stereocenters. The number of alkyl halides is 1. The number of fused-ring (bicyclic) bond motifs is 4. The van der Waals surface area contributed by atoms with E-state index >= 15 is 4.39 Å². The molecule has 4 aromatic rings. The fraction of sp³-hybridized carbons (Fsp3) is 0.528. The fourth-order valence-corrected chi connectivity index (χ4v) is 9.25. The summed E-state index contributed by atoms with van der Waals surface area (Å²) in [4.78, 5) is 33.8. The lowest BCUT2D eigenvalue weighted by Crippen LogP contribution is -2.70. The minimum Gasteiger partial charge on any atom is -0.494 e. The number of amides is 2. The molecule has 2 saturated heterocycles. The first kappa shape index (κ1) is 29.2. The Balaban J connectivity index is 1.10. The number of carbonyl (C=O) groups is 2. The highest BCUT2D eigenvalue weighted by Crippen LogP contribution is 2.69. The molecule has 2 aliphatic heterocycles. The zero-order valence-electron chi connectivity index (χ0n) is 27.0. The molecule has 4 heterocycles. The molecule has 4 saturated carbocycles. The Morgan fingerprint density at radius 1 is 1.13 bits per heavy atom. The molecule has 11 heteroatoms. The number of nitrogens with two attached hydrogens (primary N) is 1. The van der Waals surface area contributed by atoms with Crippen LogP contribution in [0.1, 0.15) is 80.3 Å². The maximum absolute atomic E-state index is 16.6. The molecule has 10 rings (SSSR count). The molecule has 0 radical (unpaired) electrons. The Bertz CT molecular complexity index is 1990. The van der Waals surface area contributed by atoms with Crippen LogP contribution in [0.25, 0.3) is 33.5 Å². The summed E-state index contributed by atoms with van der Waals surface area (Å²) in [6, 6.07) is 8.91. The smallest absolute Gasteiger partial charge is 0.254 e. The Kier molecular flexibility index (Phi) is 6.07. The molecule has 3 N–H and O–H groups in total. The highest BCUT2D eigenvalue weighted by molar-refractivity contribution is 6.01. The Morgan fingerprint density at radius 2 is 1.89 bits per heavy atom. The van der Waals surface area contributed by atoms with Crippen molar-refractivity contribution in [1.29, 1.82) is 0 Å². The first-order valence-electron chi connectivity index (χ1n) is 16.9. The molecule has 4 bridgehead atoms. The van der Waals surface area contributed by atoms with Gasteiger partial charge >= 0.3 is 0 Å². The van der Waals surface area contributed by atoms with Crippen LogP contribution in [0.2, 0.25) is 0 Å². The molecule has 2 amide bonds. The predicted octanol–water partition coefficient (Wildman–Crippen LogP) is 5.53. The molecular weight excluding hydrogens is 602 g/mol. The molecular formula is C36H40F2N6O3. The molecule has 2 aromatic heterocycles. The summed E-state index contributed by atoms with van der Waals surface area (Å²) in [5, 5.41) is 3.72. The van der Waals surface area contributed by atoms with Crippen LogP contribution in [0.15, 0.2) is 30.3 Å². The number of aryl methyl sites for hydroxylation is 1. The summed E-state index contributed by atoms with van der Waals surface area (Å²) >= 11 is 0. The van der Waals surface area contributed by atoms with Gasteiger partial charge in [-0.3, -0.25) is 9.59 Å². The third-order valence-electron chi connectivity index (χ3n) is 11.9. The highest BCUT2D eigenvalue weighted by Gasteiger charge is 2.72. The second-order valence-corrected chi connectivity index (χ2v) is 15.1. The largest absolute Gasteiger partial charge is 0.494 e. The molecule has 2 aromatic carbocycles. The molecule has 9 nitrogen and oxygen atoms in total. The number of ether oxygens (including phenoxy) is 1. The second kappa shape index (κ2) is 9.78. The van der Waals surface area contributed by atoms with E-state index in [-0.39, 0.29) is 55.0 Å². The van der Waals surface area contributed by atoms with Gasteiger partial charge in [0, 0.05) is 48.2 Å². The summed E-state index contributed by atoms with van der Waals surface area (Å²) in [7, 11) is 3.51. The van der Waals surface area contributed by atoms with Gasteiger partial charge in [-0.15, -0.1) is 0 Å². The van der Waals surface area contributed by atoms with Crippen molar-refractivity contribution < 1.29 is 23.1 Å². The number of carbonyl (C=O) groups excluding carboxylic acids is 2.